The summed E-state index contributed by atoms with van der Waals surface area (Å²) in [5.41, 5.74) is 4.93. The van der Waals surface area contributed by atoms with Crippen molar-refractivity contribution >= 4 is 6.21 Å². The smallest absolute Gasteiger partial charge is 0.129 e. The zero-order chi connectivity index (χ0) is 7.33. The van der Waals surface area contributed by atoms with Crippen LogP contribution in [0.3, 0.4) is 0 Å². The lowest BCUT2D eigenvalue weighted by molar-refractivity contribution is 0.00173. The fraction of sp³-hybridized carbons (Fsp3) is 0.833. The van der Waals surface area contributed by atoms with Gasteiger partial charge in [0.1, 0.15) is 5.60 Å². The van der Waals surface area contributed by atoms with E-state index in [9.17, 15) is 0 Å². The van der Waals surface area contributed by atoms with Gasteiger partial charge in [-0.3, -0.25) is 0 Å². The van der Waals surface area contributed by atoms with Gasteiger partial charge in [-0.15, -0.1) is 0 Å². The molecule has 54 valence electrons. The molecule has 9 heavy (non-hydrogen) atoms. The van der Waals surface area contributed by atoms with E-state index in [2.05, 4.69) is 5.16 Å². The Labute approximate surface area is 55.9 Å². The molecule has 0 rings (SSSR count). The highest BCUT2D eigenvalue weighted by molar-refractivity contribution is 5.58. The third-order valence-electron chi connectivity index (χ3n) is 0.507. The van der Waals surface area contributed by atoms with Gasteiger partial charge in [0.2, 0.25) is 0 Å². The van der Waals surface area contributed by atoms with E-state index in [-0.39, 0.29) is 5.60 Å². The summed E-state index contributed by atoms with van der Waals surface area (Å²) >= 11 is 0. The van der Waals surface area contributed by atoms with Crippen molar-refractivity contribution in [2.75, 3.05) is 6.54 Å². The highest BCUT2D eigenvalue weighted by Crippen LogP contribution is 2.05. The Morgan fingerprint density at radius 2 is 2.11 bits per heavy atom. The molecule has 0 aliphatic carbocycles. The van der Waals surface area contributed by atoms with Gasteiger partial charge < -0.3 is 10.6 Å². The van der Waals surface area contributed by atoms with E-state index in [4.69, 9.17) is 10.6 Å². The highest BCUT2D eigenvalue weighted by Gasteiger charge is 2.08. The standard InChI is InChI=1S/C6H14N2O/c1-6(2,3)9-8-5-4-7/h5H,4,7H2,1-3H3/b8-5-. The maximum absolute atomic E-state index is 5.13. The van der Waals surface area contributed by atoms with Crippen LogP contribution in [0.25, 0.3) is 0 Å². The minimum absolute atomic E-state index is 0.203. The van der Waals surface area contributed by atoms with Crippen LogP contribution in [0.1, 0.15) is 20.8 Å². The van der Waals surface area contributed by atoms with E-state index < -0.39 is 0 Å². The van der Waals surface area contributed by atoms with Gasteiger partial charge in [-0.1, -0.05) is 5.16 Å². The van der Waals surface area contributed by atoms with Crippen LogP contribution in [0.4, 0.5) is 0 Å². The maximum atomic E-state index is 5.13. The summed E-state index contributed by atoms with van der Waals surface area (Å²) in [5.74, 6) is 0. The molecule has 0 atom stereocenters. The molecule has 0 aliphatic heterocycles. The van der Waals surface area contributed by atoms with Gasteiger partial charge in [0, 0.05) is 6.54 Å². The second-order valence-electron chi connectivity index (χ2n) is 2.73. The third-order valence-corrected chi connectivity index (χ3v) is 0.507. The van der Waals surface area contributed by atoms with Crippen LogP contribution in [0.15, 0.2) is 5.16 Å². The Morgan fingerprint density at radius 1 is 1.56 bits per heavy atom. The van der Waals surface area contributed by atoms with Crippen molar-refractivity contribution in [3.05, 3.63) is 0 Å². The van der Waals surface area contributed by atoms with Crippen molar-refractivity contribution in [1.29, 1.82) is 0 Å². The van der Waals surface area contributed by atoms with E-state index in [0.29, 0.717) is 6.54 Å². The molecule has 0 saturated carbocycles. The molecule has 0 aromatic carbocycles. The SMILES string of the molecule is CC(C)(C)O/N=C\CN. The summed E-state index contributed by atoms with van der Waals surface area (Å²) in [7, 11) is 0. The Bertz CT molecular complexity index is 93.7. The fourth-order valence-corrected chi connectivity index (χ4v) is 0.238. The van der Waals surface area contributed by atoms with Gasteiger partial charge in [0.25, 0.3) is 0 Å². The molecule has 0 radical (unpaired) electrons. The van der Waals surface area contributed by atoms with E-state index in [1.807, 2.05) is 20.8 Å². The molecule has 0 aromatic rings. The fourth-order valence-electron chi connectivity index (χ4n) is 0.238. The van der Waals surface area contributed by atoms with Crippen molar-refractivity contribution < 1.29 is 4.84 Å². The number of nitrogens with zero attached hydrogens (tertiary/aromatic N) is 1. The molecule has 0 bridgehead atoms. The van der Waals surface area contributed by atoms with Gasteiger partial charge in [0.15, 0.2) is 0 Å². The molecule has 0 aromatic heterocycles. The molecule has 0 fully saturated rings. The van der Waals surface area contributed by atoms with E-state index in [1.54, 1.807) is 0 Å². The zero-order valence-electron chi connectivity index (χ0n) is 6.22. The first-order valence-electron chi connectivity index (χ1n) is 2.96. The zero-order valence-corrected chi connectivity index (χ0v) is 6.22. The van der Waals surface area contributed by atoms with Crippen molar-refractivity contribution in [1.82, 2.24) is 0 Å². The number of hydrogen-bond acceptors (Lipinski definition) is 3. The molecule has 2 N–H and O–H groups in total. The van der Waals surface area contributed by atoms with Gasteiger partial charge in [-0.2, -0.15) is 0 Å². The molecular formula is C6H14N2O. The van der Waals surface area contributed by atoms with E-state index >= 15 is 0 Å². The molecule has 0 unspecified atom stereocenters. The quantitative estimate of drug-likeness (QED) is 0.443. The Balaban J connectivity index is 3.38. The lowest BCUT2D eigenvalue weighted by Gasteiger charge is -2.14. The molecular weight excluding hydrogens is 116 g/mol. The van der Waals surface area contributed by atoms with E-state index in [0.717, 1.165) is 0 Å². The molecule has 0 aliphatic rings. The second kappa shape index (κ2) is 3.45. The lowest BCUT2D eigenvalue weighted by Crippen LogP contribution is -2.16. The first-order chi connectivity index (χ1) is 4.06. The summed E-state index contributed by atoms with van der Waals surface area (Å²) < 4.78 is 0. The average Bonchev–Trinajstić information content (AvgIpc) is 1.63. The molecule has 0 amide bonds. The van der Waals surface area contributed by atoms with Crippen LogP contribution in [0.2, 0.25) is 0 Å². The predicted octanol–water partition coefficient (Wildman–Crippen LogP) is 0.746. The molecule has 0 spiro atoms. The van der Waals surface area contributed by atoms with Crippen LogP contribution in [0, 0.1) is 0 Å². The van der Waals surface area contributed by atoms with E-state index in [1.165, 1.54) is 6.21 Å². The molecule has 3 nitrogen and oxygen atoms in total. The molecule has 3 heteroatoms. The number of nitrogens with two attached hydrogens (primary N) is 1. The second-order valence-corrected chi connectivity index (χ2v) is 2.73. The summed E-state index contributed by atoms with van der Waals surface area (Å²) in [5, 5.41) is 3.61. The van der Waals surface area contributed by atoms with Crippen molar-refractivity contribution in [2.24, 2.45) is 10.9 Å². The van der Waals surface area contributed by atoms with Crippen LogP contribution >= 0.6 is 0 Å². The monoisotopic (exact) mass is 130 g/mol. The first kappa shape index (κ1) is 8.43. The number of rotatable bonds is 2. The van der Waals surface area contributed by atoms with Crippen LogP contribution in [-0.4, -0.2) is 18.4 Å². The van der Waals surface area contributed by atoms with Gasteiger partial charge >= 0.3 is 0 Å². The van der Waals surface area contributed by atoms with Crippen molar-refractivity contribution in [3.8, 4) is 0 Å². The Hall–Kier alpha value is -0.570. The molecule has 0 heterocycles. The first-order valence-corrected chi connectivity index (χ1v) is 2.96. The van der Waals surface area contributed by atoms with Crippen molar-refractivity contribution in [3.63, 3.8) is 0 Å². The third kappa shape index (κ3) is 7.43. The normalized spacial score (nSPS) is 12.4. The van der Waals surface area contributed by atoms with Crippen molar-refractivity contribution in [2.45, 2.75) is 26.4 Å². The van der Waals surface area contributed by atoms with Gasteiger partial charge in [-0.05, 0) is 20.8 Å². The maximum Gasteiger partial charge on any atom is 0.129 e. The predicted molar refractivity (Wildman–Crippen MR) is 38.4 cm³/mol. The minimum atomic E-state index is -0.203. The average molecular weight is 130 g/mol. The topological polar surface area (TPSA) is 47.6 Å². The highest BCUT2D eigenvalue weighted by atomic mass is 16.6. The van der Waals surface area contributed by atoms with Crippen LogP contribution in [0.5, 0.6) is 0 Å². The summed E-state index contributed by atoms with van der Waals surface area (Å²) in [6, 6.07) is 0. The van der Waals surface area contributed by atoms with Crippen LogP contribution < -0.4 is 5.73 Å². The number of oxime groups is 1. The van der Waals surface area contributed by atoms with Gasteiger partial charge in [-0.25, -0.2) is 0 Å². The summed E-state index contributed by atoms with van der Waals surface area (Å²) in [6.07, 6.45) is 1.53. The Morgan fingerprint density at radius 3 is 2.44 bits per heavy atom. The number of hydrogen-bond donors (Lipinski definition) is 1. The minimum Gasteiger partial charge on any atom is -0.390 e. The summed E-state index contributed by atoms with van der Waals surface area (Å²) in [4.78, 5) is 4.96. The van der Waals surface area contributed by atoms with Crippen LogP contribution in [-0.2, 0) is 4.84 Å². The Kier molecular flexibility index (Phi) is 3.24. The van der Waals surface area contributed by atoms with Gasteiger partial charge in [0.05, 0.1) is 6.21 Å². The lowest BCUT2D eigenvalue weighted by atomic mass is 10.2. The summed E-state index contributed by atoms with van der Waals surface area (Å²) in [6.45, 7) is 6.22. The molecule has 0 saturated heterocycles. The largest absolute Gasteiger partial charge is 0.390 e.